The molecule has 2 aromatic carbocycles. The molecule has 0 saturated carbocycles. The molecule has 0 aliphatic carbocycles. The second kappa shape index (κ2) is 9.61. The van der Waals surface area contributed by atoms with Crippen molar-refractivity contribution < 1.29 is 23.5 Å². The van der Waals surface area contributed by atoms with E-state index < -0.39 is 0 Å². The van der Waals surface area contributed by atoms with E-state index in [1.54, 1.807) is 31.3 Å². The van der Waals surface area contributed by atoms with Gasteiger partial charge in [-0.05, 0) is 41.8 Å². The van der Waals surface area contributed by atoms with Gasteiger partial charge in [-0.25, -0.2) is 4.39 Å². The Labute approximate surface area is 176 Å². The van der Waals surface area contributed by atoms with Gasteiger partial charge >= 0.3 is 0 Å². The Morgan fingerprint density at radius 2 is 1.87 bits per heavy atom. The lowest BCUT2D eigenvalue weighted by molar-refractivity contribution is -0.134. The highest BCUT2D eigenvalue weighted by molar-refractivity contribution is 5.81. The van der Waals surface area contributed by atoms with Gasteiger partial charge in [0.2, 0.25) is 11.8 Å². The molecule has 3 rings (SSSR count). The van der Waals surface area contributed by atoms with E-state index in [0.29, 0.717) is 36.6 Å². The van der Waals surface area contributed by atoms with Gasteiger partial charge in [-0.2, -0.15) is 0 Å². The minimum absolute atomic E-state index is 0.00706. The van der Waals surface area contributed by atoms with Crippen molar-refractivity contribution in [2.45, 2.75) is 25.8 Å². The van der Waals surface area contributed by atoms with Gasteiger partial charge in [0.15, 0.2) is 11.5 Å². The van der Waals surface area contributed by atoms with Crippen molar-refractivity contribution in [3.63, 3.8) is 0 Å². The molecule has 0 bridgehead atoms. The van der Waals surface area contributed by atoms with Crippen molar-refractivity contribution in [2.24, 2.45) is 5.92 Å². The molecule has 0 radical (unpaired) electrons. The summed E-state index contributed by atoms with van der Waals surface area (Å²) in [5.74, 6) is 0.336. The number of ether oxygens (including phenoxy) is 2. The molecule has 6 nitrogen and oxygen atoms in total. The normalized spacial score (nSPS) is 18.6. The van der Waals surface area contributed by atoms with Crippen LogP contribution in [-0.4, -0.2) is 44.0 Å². The fourth-order valence-electron chi connectivity index (χ4n) is 3.87. The zero-order valence-corrected chi connectivity index (χ0v) is 17.5. The zero-order chi connectivity index (χ0) is 21.7. The molecule has 2 aromatic rings. The smallest absolute Gasteiger partial charge is 0.225 e. The van der Waals surface area contributed by atoms with Crippen LogP contribution in [0.3, 0.4) is 0 Å². The Hall–Kier alpha value is -3.09. The van der Waals surface area contributed by atoms with E-state index in [4.69, 9.17) is 9.47 Å². The van der Waals surface area contributed by atoms with E-state index in [0.717, 1.165) is 5.56 Å². The second-order valence-electron chi connectivity index (χ2n) is 7.52. The third-order valence-corrected chi connectivity index (χ3v) is 5.50. The zero-order valence-electron chi connectivity index (χ0n) is 17.5. The highest BCUT2D eigenvalue weighted by Gasteiger charge is 2.33. The Kier molecular flexibility index (Phi) is 6.92. The monoisotopic (exact) mass is 414 g/mol. The molecule has 2 amide bonds. The lowest BCUT2D eigenvalue weighted by Crippen LogP contribution is -2.47. The fraction of sp³-hybridized carbons (Fsp3) is 0.391. The molecule has 160 valence electrons. The number of hydrogen-bond acceptors (Lipinski definition) is 4. The number of rotatable bonds is 6. The van der Waals surface area contributed by atoms with Crippen molar-refractivity contribution in [3.8, 4) is 11.5 Å². The van der Waals surface area contributed by atoms with Gasteiger partial charge < -0.3 is 19.7 Å². The minimum Gasteiger partial charge on any atom is -0.493 e. The molecule has 0 aromatic heterocycles. The fourth-order valence-corrected chi connectivity index (χ4v) is 3.87. The average molecular weight is 414 g/mol. The predicted molar refractivity (Wildman–Crippen MR) is 111 cm³/mol. The molecule has 1 aliphatic heterocycles. The third kappa shape index (κ3) is 5.09. The molecular formula is C23H27FN2O4. The summed E-state index contributed by atoms with van der Waals surface area (Å²) in [6.45, 7) is 2.67. The number of carbonyl (C=O) groups excluding carboxylic acids is 2. The number of carbonyl (C=O) groups is 2. The van der Waals surface area contributed by atoms with Gasteiger partial charge in [0.05, 0.1) is 20.1 Å². The summed E-state index contributed by atoms with van der Waals surface area (Å²) >= 11 is 0. The number of nitrogens with zero attached hydrogens (tertiary/aromatic N) is 1. The van der Waals surface area contributed by atoms with Crippen LogP contribution in [0.15, 0.2) is 42.5 Å². The number of amides is 2. The highest BCUT2D eigenvalue weighted by Crippen LogP contribution is 2.35. The molecule has 1 saturated heterocycles. The lowest BCUT2D eigenvalue weighted by atomic mass is 9.83. The summed E-state index contributed by atoms with van der Waals surface area (Å²) in [5, 5.41) is 2.88. The van der Waals surface area contributed by atoms with Gasteiger partial charge in [-0.1, -0.05) is 18.2 Å². The van der Waals surface area contributed by atoms with Crippen LogP contribution in [0.1, 0.15) is 30.4 Å². The van der Waals surface area contributed by atoms with Gasteiger partial charge in [-0.3, -0.25) is 9.59 Å². The molecular weight excluding hydrogens is 387 g/mol. The van der Waals surface area contributed by atoms with Crippen LogP contribution in [0.5, 0.6) is 11.5 Å². The quantitative estimate of drug-likeness (QED) is 0.789. The largest absolute Gasteiger partial charge is 0.493 e. The number of piperidine rings is 1. The van der Waals surface area contributed by atoms with Crippen LogP contribution in [0.25, 0.3) is 0 Å². The summed E-state index contributed by atoms with van der Waals surface area (Å²) in [6.07, 6.45) is 0.605. The van der Waals surface area contributed by atoms with Gasteiger partial charge in [-0.15, -0.1) is 0 Å². The molecule has 1 fully saturated rings. The summed E-state index contributed by atoms with van der Waals surface area (Å²) < 4.78 is 24.1. The lowest BCUT2D eigenvalue weighted by Gasteiger charge is -2.37. The molecule has 0 unspecified atom stereocenters. The van der Waals surface area contributed by atoms with Crippen LogP contribution >= 0.6 is 0 Å². The average Bonchev–Trinajstić information content (AvgIpc) is 2.76. The number of nitrogens with one attached hydrogen (secondary N) is 1. The van der Waals surface area contributed by atoms with Gasteiger partial charge in [0.25, 0.3) is 0 Å². The van der Waals surface area contributed by atoms with Gasteiger partial charge in [0, 0.05) is 32.5 Å². The first-order valence-corrected chi connectivity index (χ1v) is 9.90. The maximum Gasteiger partial charge on any atom is 0.225 e. The molecule has 1 aliphatic rings. The number of hydrogen-bond donors (Lipinski definition) is 1. The van der Waals surface area contributed by atoms with Crippen LogP contribution in [-0.2, 0) is 16.1 Å². The maximum absolute atomic E-state index is 13.4. The van der Waals surface area contributed by atoms with Crippen LogP contribution in [0.2, 0.25) is 0 Å². The minimum atomic E-state index is -0.352. The second-order valence-corrected chi connectivity index (χ2v) is 7.52. The van der Waals surface area contributed by atoms with E-state index in [2.05, 4.69) is 5.32 Å². The third-order valence-electron chi connectivity index (χ3n) is 5.50. The number of methoxy groups -OCH3 is 2. The Balaban J connectivity index is 1.75. The summed E-state index contributed by atoms with van der Waals surface area (Å²) in [7, 11) is 3.15. The number of likely N-dealkylation sites (tertiary alicyclic amines) is 1. The predicted octanol–water partition coefficient (Wildman–Crippen LogP) is 3.11. The molecule has 2 atom stereocenters. The van der Waals surface area contributed by atoms with E-state index in [-0.39, 0.29) is 36.0 Å². The molecule has 7 heteroatoms. The first-order chi connectivity index (χ1) is 14.4. The van der Waals surface area contributed by atoms with E-state index in [1.165, 1.54) is 19.1 Å². The Morgan fingerprint density at radius 3 is 2.53 bits per heavy atom. The standard InChI is InChI=1S/C23H27FN2O4/c1-15(27)26-13-18(17-7-8-21(29-2)22(11-17)30-3)10-19(14-26)23(28)25-12-16-5-4-6-20(24)9-16/h4-9,11,18-19H,10,12-14H2,1-3H3,(H,25,28)/t18-,19-/m0/s1. The Morgan fingerprint density at radius 1 is 1.10 bits per heavy atom. The van der Waals surface area contributed by atoms with Crippen molar-refractivity contribution in [1.82, 2.24) is 10.2 Å². The maximum atomic E-state index is 13.4. The van der Waals surface area contributed by atoms with Crippen LogP contribution in [0.4, 0.5) is 4.39 Å². The molecule has 0 spiro atoms. The van der Waals surface area contributed by atoms with Crippen molar-refractivity contribution in [1.29, 1.82) is 0 Å². The van der Waals surface area contributed by atoms with E-state index in [9.17, 15) is 14.0 Å². The van der Waals surface area contributed by atoms with Crippen molar-refractivity contribution >= 4 is 11.8 Å². The number of halogens is 1. The van der Waals surface area contributed by atoms with Crippen LogP contribution in [0, 0.1) is 11.7 Å². The SMILES string of the molecule is COc1ccc([C@H]2C[C@H](C(=O)NCc3cccc(F)c3)CN(C(C)=O)C2)cc1OC. The van der Waals surface area contributed by atoms with Crippen molar-refractivity contribution in [3.05, 3.63) is 59.4 Å². The molecule has 1 N–H and O–H groups in total. The van der Waals surface area contributed by atoms with Crippen molar-refractivity contribution in [2.75, 3.05) is 27.3 Å². The van der Waals surface area contributed by atoms with Gasteiger partial charge in [0.1, 0.15) is 5.82 Å². The Bertz CT molecular complexity index is 918. The van der Waals surface area contributed by atoms with E-state index in [1.807, 2.05) is 18.2 Å². The van der Waals surface area contributed by atoms with E-state index >= 15 is 0 Å². The molecule has 30 heavy (non-hydrogen) atoms. The first-order valence-electron chi connectivity index (χ1n) is 9.90. The topological polar surface area (TPSA) is 67.9 Å². The summed E-state index contributed by atoms with van der Waals surface area (Å²) in [4.78, 5) is 26.6. The summed E-state index contributed by atoms with van der Waals surface area (Å²) in [6, 6.07) is 11.8. The van der Waals surface area contributed by atoms with Crippen LogP contribution < -0.4 is 14.8 Å². The highest BCUT2D eigenvalue weighted by atomic mass is 19.1. The first kappa shape index (κ1) is 21.6. The molecule has 1 heterocycles. The summed E-state index contributed by atoms with van der Waals surface area (Å²) in [5.41, 5.74) is 1.68. The number of benzene rings is 2.